The van der Waals surface area contributed by atoms with Gasteiger partial charge in [-0.15, -0.1) is 0 Å². The van der Waals surface area contributed by atoms with Crippen molar-refractivity contribution < 1.29 is 4.79 Å². The van der Waals surface area contributed by atoms with E-state index >= 15 is 0 Å². The average molecular weight is 236 g/mol. The summed E-state index contributed by atoms with van der Waals surface area (Å²) in [5.41, 5.74) is 4.78. The average Bonchev–Trinajstić information content (AvgIpc) is 2.41. The lowest BCUT2D eigenvalue weighted by Gasteiger charge is -2.26. The SMILES string of the molecule is Cc1ccccc1[C@@H]1CCC(=O)c2ccccc21. The van der Waals surface area contributed by atoms with Gasteiger partial charge in [-0.3, -0.25) is 4.79 Å². The lowest BCUT2D eigenvalue weighted by molar-refractivity contribution is 0.0969. The molecule has 0 N–H and O–H groups in total. The Labute approximate surface area is 107 Å². The number of rotatable bonds is 1. The molecular weight excluding hydrogens is 220 g/mol. The van der Waals surface area contributed by atoms with Gasteiger partial charge in [0.25, 0.3) is 0 Å². The van der Waals surface area contributed by atoms with Gasteiger partial charge in [-0.1, -0.05) is 48.5 Å². The largest absolute Gasteiger partial charge is 0.294 e. The van der Waals surface area contributed by atoms with Crippen LogP contribution in [0.4, 0.5) is 0 Å². The third kappa shape index (κ3) is 1.76. The van der Waals surface area contributed by atoms with E-state index in [-0.39, 0.29) is 5.78 Å². The molecule has 0 amide bonds. The van der Waals surface area contributed by atoms with Crippen LogP contribution in [0.2, 0.25) is 0 Å². The summed E-state index contributed by atoms with van der Waals surface area (Å²) in [6.07, 6.45) is 1.59. The molecule has 0 saturated carbocycles. The lowest BCUT2D eigenvalue weighted by atomic mass is 9.77. The van der Waals surface area contributed by atoms with E-state index in [0.29, 0.717) is 12.3 Å². The van der Waals surface area contributed by atoms with E-state index in [9.17, 15) is 4.79 Å². The van der Waals surface area contributed by atoms with E-state index in [1.54, 1.807) is 0 Å². The van der Waals surface area contributed by atoms with Gasteiger partial charge in [0.2, 0.25) is 0 Å². The fourth-order valence-electron chi connectivity index (χ4n) is 2.92. The second-order valence-corrected chi connectivity index (χ2v) is 4.96. The smallest absolute Gasteiger partial charge is 0.163 e. The van der Waals surface area contributed by atoms with Gasteiger partial charge in [0.1, 0.15) is 0 Å². The molecule has 0 unspecified atom stereocenters. The zero-order valence-electron chi connectivity index (χ0n) is 10.5. The minimum absolute atomic E-state index is 0.287. The Morgan fingerprint density at radius 3 is 2.39 bits per heavy atom. The molecule has 1 heteroatoms. The first-order chi connectivity index (χ1) is 8.77. The van der Waals surface area contributed by atoms with Crippen LogP contribution in [0.15, 0.2) is 48.5 Å². The van der Waals surface area contributed by atoms with E-state index in [4.69, 9.17) is 0 Å². The minimum Gasteiger partial charge on any atom is -0.294 e. The number of hydrogen-bond donors (Lipinski definition) is 0. The molecule has 1 nitrogen and oxygen atoms in total. The molecule has 2 aromatic rings. The van der Waals surface area contributed by atoms with Crippen molar-refractivity contribution in [1.29, 1.82) is 0 Å². The van der Waals surface area contributed by atoms with Crippen molar-refractivity contribution in [1.82, 2.24) is 0 Å². The maximum atomic E-state index is 11.9. The van der Waals surface area contributed by atoms with E-state index in [1.807, 2.05) is 18.2 Å². The Bertz CT molecular complexity index is 598. The van der Waals surface area contributed by atoms with Crippen LogP contribution in [0.5, 0.6) is 0 Å². The summed E-state index contributed by atoms with van der Waals surface area (Å²) in [5.74, 6) is 0.663. The highest BCUT2D eigenvalue weighted by Gasteiger charge is 2.26. The fourth-order valence-corrected chi connectivity index (χ4v) is 2.92. The van der Waals surface area contributed by atoms with E-state index < -0.39 is 0 Å². The molecule has 2 aromatic carbocycles. The van der Waals surface area contributed by atoms with Crippen LogP contribution >= 0.6 is 0 Å². The number of Topliss-reactive ketones (excluding diaryl/α,β-unsaturated/α-hetero) is 1. The number of fused-ring (bicyclic) bond motifs is 1. The fraction of sp³-hybridized carbons (Fsp3) is 0.235. The van der Waals surface area contributed by atoms with Gasteiger partial charge in [0.15, 0.2) is 5.78 Å². The van der Waals surface area contributed by atoms with Gasteiger partial charge in [0, 0.05) is 17.9 Å². The standard InChI is InChI=1S/C17H16O/c1-12-6-2-3-7-13(12)15-10-11-17(18)16-9-5-4-8-14(15)16/h2-9,15H,10-11H2,1H3/t15-/m0/s1. The Balaban J connectivity index is 2.13. The number of carbonyl (C=O) groups excluding carboxylic acids is 1. The lowest BCUT2D eigenvalue weighted by Crippen LogP contribution is -2.17. The van der Waals surface area contributed by atoms with Gasteiger partial charge in [0.05, 0.1) is 0 Å². The molecule has 90 valence electrons. The normalized spacial score (nSPS) is 18.5. The molecular formula is C17H16O. The third-order valence-corrected chi connectivity index (χ3v) is 3.86. The molecule has 0 aliphatic heterocycles. The molecule has 0 radical (unpaired) electrons. The van der Waals surface area contributed by atoms with Crippen molar-refractivity contribution in [3.05, 3.63) is 70.8 Å². The summed E-state index contributed by atoms with van der Waals surface area (Å²) in [6.45, 7) is 2.15. The van der Waals surface area contributed by atoms with Crippen LogP contribution in [-0.2, 0) is 0 Å². The van der Waals surface area contributed by atoms with Gasteiger partial charge in [-0.05, 0) is 30.0 Å². The van der Waals surface area contributed by atoms with Gasteiger partial charge >= 0.3 is 0 Å². The summed E-state index contributed by atoms with van der Waals surface area (Å²) in [5, 5.41) is 0. The van der Waals surface area contributed by atoms with Crippen LogP contribution in [0.25, 0.3) is 0 Å². The van der Waals surface area contributed by atoms with Gasteiger partial charge < -0.3 is 0 Å². The summed E-state index contributed by atoms with van der Waals surface area (Å²) in [7, 11) is 0. The minimum atomic E-state index is 0.287. The quantitative estimate of drug-likeness (QED) is 0.728. The molecule has 0 fully saturated rings. The Morgan fingerprint density at radius 2 is 1.61 bits per heavy atom. The molecule has 1 aliphatic rings. The van der Waals surface area contributed by atoms with Crippen molar-refractivity contribution in [2.24, 2.45) is 0 Å². The molecule has 1 atom stereocenters. The van der Waals surface area contributed by atoms with Gasteiger partial charge in [-0.2, -0.15) is 0 Å². The third-order valence-electron chi connectivity index (χ3n) is 3.86. The van der Waals surface area contributed by atoms with Crippen LogP contribution < -0.4 is 0 Å². The van der Waals surface area contributed by atoms with Crippen LogP contribution in [-0.4, -0.2) is 5.78 Å². The first kappa shape index (κ1) is 11.2. The maximum absolute atomic E-state index is 11.9. The molecule has 1 aliphatic carbocycles. The number of carbonyl (C=O) groups is 1. The summed E-state index contributed by atoms with van der Waals surface area (Å²) in [6, 6.07) is 16.5. The van der Waals surface area contributed by atoms with Crippen molar-refractivity contribution in [2.75, 3.05) is 0 Å². The second kappa shape index (κ2) is 4.41. The summed E-state index contributed by atoms with van der Waals surface area (Å²) >= 11 is 0. The highest BCUT2D eigenvalue weighted by molar-refractivity contribution is 5.99. The first-order valence-corrected chi connectivity index (χ1v) is 6.45. The van der Waals surface area contributed by atoms with Crippen molar-refractivity contribution >= 4 is 5.78 Å². The van der Waals surface area contributed by atoms with Crippen LogP contribution in [0.1, 0.15) is 45.8 Å². The highest BCUT2D eigenvalue weighted by Crippen LogP contribution is 2.37. The van der Waals surface area contributed by atoms with Gasteiger partial charge in [-0.25, -0.2) is 0 Å². The number of aryl methyl sites for hydroxylation is 1. The first-order valence-electron chi connectivity index (χ1n) is 6.45. The topological polar surface area (TPSA) is 17.1 Å². The summed E-state index contributed by atoms with van der Waals surface area (Å²) < 4.78 is 0. The molecule has 0 heterocycles. The predicted octanol–water partition coefficient (Wildman–Crippen LogP) is 4.10. The number of ketones is 1. The predicted molar refractivity (Wildman–Crippen MR) is 73.0 cm³/mol. The van der Waals surface area contributed by atoms with Crippen molar-refractivity contribution in [3.8, 4) is 0 Å². The zero-order valence-corrected chi connectivity index (χ0v) is 10.5. The number of hydrogen-bond acceptors (Lipinski definition) is 1. The maximum Gasteiger partial charge on any atom is 0.163 e. The second-order valence-electron chi connectivity index (χ2n) is 4.96. The molecule has 0 aromatic heterocycles. The van der Waals surface area contributed by atoms with Crippen LogP contribution in [0.3, 0.4) is 0 Å². The zero-order chi connectivity index (χ0) is 12.5. The van der Waals surface area contributed by atoms with Crippen molar-refractivity contribution in [3.63, 3.8) is 0 Å². The monoisotopic (exact) mass is 236 g/mol. The van der Waals surface area contributed by atoms with E-state index in [0.717, 1.165) is 12.0 Å². The van der Waals surface area contributed by atoms with E-state index in [1.165, 1.54) is 16.7 Å². The molecule has 0 bridgehead atoms. The number of benzene rings is 2. The Hall–Kier alpha value is -1.89. The Kier molecular flexibility index (Phi) is 2.75. The summed E-state index contributed by atoms with van der Waals surface area (Å²) in [4.78, 5) is 11.9. The molecule has 0 spiro atoms. The molecule has 0 saturated heterocycles. The molecule has 18 heavy (non-hydrogen) atoms. The van der Waals surface area contributed by atoms with E-state index in [2.05, 4.69) is 37.3 Å². The van der Waals surface area contributed by atoms with Crippen LogP contribution in [0, 0.1) is 6.92 Å². The Morgan fingerprint density at radius 1 is 0.944 bits per heavy atom. The molecule has 3 rings (SSSR count). The highest BCUT2D eigenvalue weighted by atomic mass is 16.1. The van der Waals surface area contributed by atoms with Crippen molar-refractivity contribution in [2.45, 2.75) is 25.7 Å².